The average Bonchev–Trinajstić information content (AvgIpc) is 1.85. The van der Waals surface area contributed by atoms with E-state index < -0.39 is 0 Å². The maximum Gasteiger partial charge on any atom is 0.0758 e. The number of hydrogen-bond donors (Lipinski definition) is 1. The van der Waals surface area contributed by atoms with E-state index in [1.54, 1.807) is 6.08 Å². The van der Waals surface area contributed by atoms with Crippen LogP contribution in [0.4, 0.5) is 0 Å². The first-order valence-corrected chi connectivity index (χ1v) is 4.41. The van der Waals surface area contributed by atoms with Crippen molar-refractivity contribution in [3.05, 3.63) is 24.3 Å². The monoisotopic (exact) mass is 168 g/mol. The van der Waals surface area contributed by atoms with Gasteiger partial charge in [0.25, 0.3) is 0 Å². The van der Waals surface area contributed by atoms with Gasteiger partial charge in [-0.3, -0.25) is 0 Å². The minimum Gasteiger partial charge on any atom is -0.389 e. The van der Waals surface area contributed by atoms with Gasteiger partial charge in [0.1, 0.15) is 0 Å². The summed E-state index contributed by atoms with van der Waals surface area (Å²) in [5.74, 6) is 0. The molecule has 1 N–H and O–H groups in total. The maximum atomic E-state index is 8.77. The summed E-state index contributed by atoms with van der Waals surface area (Å²) in [5.41, 5.74) is 0.500. The largest absolute Gasteiger partial charge is 0.389 e. The Morgan fingerprint density at radius 1 is 1.17 bits per heavy atom. The first kappa shape index (κ1) is 11.4. The Morgan fingerprint density at radius 3 is 1.83 bits per heavy atom. The predicted octanol–water partition coefficient (Wildman–Crippen LogP) is 2.92. The molecular weight excluding hydrogens is 148 g/mol. The molecule has 0 bridgehead atoms. The summed E-state index contributed by atoms with van der Waals surface area (Å²) in [6, 6.07) is 0. The van der Waals surface area contributed by atoms with E-state index in [-0.39, 0.29) is 6.10 Å². The smallest absolute Gasteiger partial charge is 0.0758 e. The highest BCUT2D eigenvalue weighted by Gasteiger charge is 1.95. The molecule has 0 aliphatic heterocycles. The molecule has 12 heavy (non-hydrogen) atoms. The zero-order chi connectivity index (χ0) is 9.61. The summed E-state index contributed by atoms with van der Waals surface area (Å²) < 4.78 is 0. The Labute approximate surface area is 75.8 Å². The summed E-state index contributed by atoms with van der Waals surface area (Å²) >= 11 is 0. The van der Waals surface area contributed by atoms with Crippen molar-refractivity contribution in [3.63, 3.8) is 0 Å². The molecule has 0 spiro atoms. The second kappa shape index (κ2) is 5.15. The lowest BCUT2D eigenvalue weighted by Crippen LogP contribution is -2.00. The van der Waals surface area contributed by atoms with Crippen LogP contribution < -0.4 is 0 Å². The van der Waals surface area contributed by atoms with Crippen LogP contribution in [0.15, 0.2) is 24.3 Å². The van der Waals surface area contributed by atoms with Gasteiger partial charge in [-0.05, 0) is 11.8 Å². The molecular formula is C11H20O. The van der Waals surface area contributed by atoms with Gasteiger partial charge < -0.3 is 5.11 Å². The fourth-order valence-corrected chi connectivity index (χ4v) is 0.568. The van der Waals surface area contributed by atoms with Crippen molar-refractivity contribution >= 4 is 0 Å². The van der Waals surface area contributed by atoms with Gasteiger partial charge in [0.15, 0.2) is 0 Å². The van der Waals surface area contributed by atoms with E-state index >= 15 is 0 Å². The number of allylic oxidation sites excluding steroid dienone is 2. The maximum absolute atomic E-state index is 8.77. The summed E-state index contributed by atoms with van der Waals surface area (Å²) in [6.45, 7) is 8.75. The van der Waals surface area contributed by atoms with Crippen LogP contribution in [-0.2, 0) is 0 Å². The molecule has 1 aliphatic carbocycles. The molecule has 1 unspecified atom stereocenters. The van der Waals surface area contributed by atoms with Crippen LogP contribution in [0.25, 0.3) is 0 Å². The number of hydrogen-bond acceptors (Lipinski definition) is 1. The van der Waals surface area contributed by atoms with E-state index in [0.717, 1.165) is 6.42 Å². The lowest BCUT2D eigenvalue weighted by Gasteiger charge is -2.05. The molecule has 0 saturated heterocycles. The number of aliphatic hydroxyl groups is 1. The molecule has 0 aromatic heterocycles. The van der Waals surface area contributed by atoms with Crippen molar-refractivity contribution in [2.24, 2.45) is 5.41 Å². The molecule has 0 radical (unpaired) electrons. The Morgan fingerprint density at radius 2 is 1.67 bits per heavy atom. The van der Waals surface area contributed by atoms with Crippen LogP contribution in [0.5, 0.6) is 0 Å². The van der Waals surface area contributed by atoms with E-state index in [2.05, 4.69) is 27.7 Å². The first-order valence-electron chi connectivity index (χ1n) is 4.41. The van der Waals surface area contributed by atoms with Gasteiger partial charge in [0.05, 0.1) is 6.10 Å². The van der Waals surface area contributed by atoms with E-state index in [1.165, 1.54) is 0 Å². The molecule has 0 heterocycles. The van der Waals surface area contributed by atoms with Crippen LogP contribution in [-0.4, -0.2) is 11.2 Å². The minimum atomic E-state index is -0.231. The quantitative estimate of drug-likeness (QED) is 0.589. The molecule has 1 aliphatic rings. The second-order valence-corrected chi connectivity index (χ2v) is 4.62. The molecule has 70 valence electrons. The third kappa shape index (κ3) is 12.1. The lowest BCUT2D eigenvalue weighted by molar-refractivity contribution is 0.225. The van der Waals surface area contributed by atoms with Gasteiger partial charge >= 0.3 is 0 Å². The molecule has 1 nitrogen and oxygen atoms in total. The van der Waals surface area contributed by atoms with Crippen molar-refractivity contribution in [3.8, 4) is 0 Å². The van der Waals surface area contributed by atoms with Crippen molar-refractivity contribution in [1.29, 1.82) is 0 Å². The summed E-state index contributed by atoms with van der Waals surface area (Å²) in [4.78, 5) is 0. The summed E-state index contributed by atoms with van der Waals surface area (Å²) in [7, 11) is 0. The van der Waals surface area contributed by atoms with Crippen LogP contribution >= 0.6 is 0 Å². The van der Waals surface area contributed by atoms with Gasteiger partial charge in [-0.2, -0.15) is 0 Å². The first-order chi connectivity index (χ1) is 5.39. The minimum absolute atomic E-state index is 0.231. The molecule has 0 fully saturated rings. The normalized spacial score (nSPS) is 21.6. The van der Waals surface area contributed by atoms with E-state index in [0.29, 0.717) is 5.41 Å². The van der Waals surface area contributed by atoms with Gasteiger partial charge in [0.2, 0.25) is 0 Å². The Kier molecular flexibility index (Phi) is 4.91. The summed E-state index contributed by atoms with van der Waals surface area (Å²) in [5, 5.41) is 8.77. The zero-order valence-electron chi connectivity index (χ0n) is 8.54. The summed E-state index contributed by atoms with van der Waals surface area (Å²) in [6.07, 6.45) is 8.06. The van der Waals surface area contributed by atoms with Gasteiger partial charge in [-0.25, -0.2) is 0 Å². The zero-order valence-corrected chi connectivity index (χ0v) is 8.54. The van der Waals surface area contributed by atoms with Crippen molar-refractivity contribution in [1.82, 2.24) is 0 Å². The molecule has 1 rings (SSSR count). The second-order valence-electron chi connectivity index (χ2n) is 4.62. The van der Waals surface area contributed by atoms with Gasteiger partial charge in [-0.15, -0.1) is 0 Å². The van der Waals surface area contributed by atoms with Crippen LogP contribution in [0.1, 0.15) is 34.1 Å². The molecule has 0 aromatic rings. The third-order valence-corrected chi connectivity index (χ3v) is 0.958. The van der Waals surface area contributed by atoms with Gasteiger partial charge in [-0.1, -0.05) is 52.0 Å². The fourth-order valence-electron chi connectivity index (χ4n) is 0.568. The number of aliphatic hydroxyl groups excluding tert-OH is 1. The van der Waals surface area contributed by atoms with E-state index in [9.17, 15) is 0 Å². The van der Waals surface area contributed by atoms with Crippen molar-refractivity contribution < 1.29 is 5.11 Å². The number of rotatable bonds is 0. The highest BCUT2D eigenvalue weighted by Crippen LogP contribution is 2.08. The van der Waals surface area contributed by atoms with E-state index in [4.69, 9.17) is 5.11 Å². The van der Waals surface area contributed by atoms with Crippen molar-refractivity contribution in [2.45, 2.75) is 40.2 Å². The SMILES string of the molecule is CC(C)(C)C.OC1C=CC=CC1. The fraction of sp³-hybridized carbons (Fsp3) is 0.636. The topological polar surface area (TPSA) is 20.2 Å². The Balaban J connectivity index is 0.000000217. The molecule has 1 heteroatoms. The van der Waals surface area contributed by atoms with Crippen LogP contribution in [0, 0.1) is 5.41 Å². The standard InChI is InChI=1S/C6H8O.C5H12/c7-6-4-2-1-3-5-6;1-5(2,3)4/h1-4,6-7H,5H2;1-4H3. The molecule has 0 aromatic carbocycles. The van der Waals surface area contributed by atoms with Crippen LogP contribution in [0.3, 0.4) is 0 Å². The van der Waals surface area contributed by atoms with E-state index in [1.807, 2.05) is 18.2 Å². The third-order valence-electron chi connectivity index (χ3n) is 0.958. The molecule has 0 amide bonds. The Hall–Kier alpha value is -0.560. The lowest BCUT2D eigenvalue weighted by atomic mass is 10.0. The molecule has 0 saturated carbocycles. The highest BCUT2D eigenvalue weighted by atomic mass is 16.3. The van der Waals surface area contributed by atoms with Crippen LogP contribution in [0.2, 0.25) is 0 Å². The highest BCUT2D eigenvalue weighted by molar-refractivity contribution is 5.11. The van der Waals surface area contributed by atoms with Crippen molar-refractivity contribution in [2.75, 3.05) is 0 Å². The average molecular weight is 168 g/mol. The Bertz CT molecular complexity index is 154. The predicted molar refractivity (Wildman–Crippen MR) is 54.0 cm³/mol. The van der Waals surface area contributed by atoms with Gasteiger partial charge in [0, 0.05) is 0 Å². The molecule has 1 atom stereocenters.